The minimum Gasteiger partial charge on any atom is -0.488 e. The van der Waals surface area contributed by atoms with Crippen LogP contribution in [0.25, 0.3) is 32.9 Å². The second kappa shape index (κ2) is 9.94. The second-order valence-electron chi connectivity index (χ2n) is 11.9. The first-order valence-corrected chi connectivity index (χ1v) is 14.7. The van der Waals surface area contributed by atoms with Gasteiger partial charge in [0.1, 0.15) is 24.2 Å². The van der Waals surface area contributed by atoms with E-state index in [2.05, 4.69) is 40.6 Å². The van der Waals surface area contributed by atoms with E-state index >= 15 is 0 Å². The van der Waals surface area contributed by atoms with E-state index in [1.165, 1.54) is 7.11 Å². The Labute approximate surface area is 243 Å². The Bertz CT molecular complexity index is 1700. The van der Waals surface area contributed by atoms with Gasteiger partial charge in [0, 0.05) is 22.0 Å². The molecule has 3 heterocycles. The van der Waals surface area contributed by atoms with E-state index in [0.29, 0.717) is 17.5 Å². The Hall–Kier alpha value is -3.78. The van der Waals surface area contributed by atoms with Crippen molar-refractivity contribution in [3.8, 4) is 16.9 Å². The average Bonchev–Trinajstić information content (AvgIpc) is 3.68. The lowest BCUT2D eigenvalue weighted by Crippen LogP contribution is -2.53. The van der Waals surface area contributed by atoms with Crippen molar-refractivity contribution in [1.82, 2.24) is 20.2 Å². The largest absolute Gasteiger partial charge is 0.488 e. The number of aromatic nitrogens is 2. The van der Waals surface area contributed by atoms with Crippen molar-refractivity contribution >= 4 is 45.4 Å². The quantitative estimate of drug-likeness (QED) is 0.282. The summed E-state index contributed by atoms with van der Waals surface area (Å²) in [7, 11) is 1.32. The number of fused-ring (bicyclic) bond motifs is 7. The molecule has 2 aliphatic heterocycles. The van der Waals surface area contributed by atoms with Crippen LogP contribution < -0.4 is 10.1 Å². The maximum absolute atomic E-state index is 14.1. The van der Waals surface area contributed by atoms with Crippen molar-refractivity contribution < 1.29 is 19.1 Å². The molecule has 3 aromatic carbocycles. The molecular weight excluding hydrogens is 540 g/mol. The molecule has 0 bridgehead atoms. The van der Waals surface area contributed by atoms with Crippen molar-refractivity contribution in [3.05, 3.63) is 58.9 Å². The number of alkyl carbamates (subject to hydrolysis) is 1. The third-order valence-corrected chi connectivity index (χ3v) is 9.36. The first-order chi connectivity index (χ1) is 19.8. The van der Waals surface area contributed by atoms with E-state index < -0.39 is 12.1 Å². The summed E-state index contributed by atoms with van der Waals surface area (Å²) < 4.78 is 11.0. The predicted octanol–water partition coefficient (Wildman–Crippen LogP) is 6.75. The molecular formula is C32H33ClN4O4. The molecule has 8 nitrogen and oxygen atoms in total. The molecule has 9 heteroatoms. The van der Waals surface area contributed by atoms with Gasteiger partial charge in [0.25, 0.3) is 0 Å². The second-order valence-corrected chi connectivity index (χ2v) is 12.3. The fourth-order valence-electron chi connectivity index (χ4n) is 7.14. The van der Waals surface area contributed by atoms with Gasteiger partial charge in [-0.25, -0.2) is 9.78 Å². The predicted molar refractivity (Wildman–Crippen MR) is 158 cm³/mol. The van der Waals surface area contributed by atoms with Crippen molar-refractivity contribution in [2.24, 2.45) is 11.8 Å². The Kier molecular flexibility index (Phi) is 6.34. The van der Waals surface area contributed by atoms with Crippen LogP contribution in [0.2, 0.25) is 5.02 Å². The van der Waals surface area contributed by atoms with Gasteiger partial charge in [-0.3, -0.25) is 4.79 Å². The molecule has 2 amide bonds. The van der Waals surface area contributed by atoms with Crippen LogP contribution in [-0.2, 0) is 16.1 Å². The highest BCUT2D eigenvalue weighted by molar-refractivity contribution is 6.30. The van der Waals surface area contributed by atoms with Crippen LogP contribution in [0.3, 0.4) is 0 Å². The fourth-order valence-corrected chi connectivity index (χ4v) is 7.34. The van der Waals surface area contributed by atoms with Crippen LogP contribution in [0.15, 0.2) is 42.5 Å². The van der Waals surface area contributed by atoms with Gasteiger partial charge in [-0.1, -0.05) is 44.0 Å². The van der Waals surface area contributed by atoms with Gasteiger partial charge in [-0.2, -0.15) is 0 Å². The maximum Gasteiger partial charge on any atom is 0.407 e. The molecule has 3 aliphatic rings. The minimum absolute atomic E-state index is 0.0728. The summed E-state index contributed by atoms with van der Waals surface area (Å²) in [5.74, 6) is 1.87. The number of hydrogen-bond acceptors (Lipinski definition) is 5. The smallest absolute Gasteiger partial charge is 0.407 e. The standard InChI is InChI=1S/C32H33ClN4O4/c1-16(2)28(36-32(39)40-3)31(38)37-25-6-4-5-18(25)13-26(37)30-34-24-10-7-17-12-23-21-9-8-20(33)11-19(21)15-41-27(23)14-22(17)29(24)35-30/h7-12,14,16,18,25-26,28H,4-6,13,15H2,1-3H3,(H,34,35)(H,36,39)/t18-,25-,26-,28-/m0/s1. The van der Waals surface area contributed by atoms with Crippen molar-refractivity contribution in [2.45, 2.75) is 64.3 Å². The number of carbonyl (C=O) groups is 2. The number of halogens is 1. The fraction of sp³-hybridized carbons (Fsp3) is 0.406. The van der Waals surface area contributed by atoms with Crippen LogP contribution >= 0.6 is 11.6 Å². The van der Waals surface area contributed by atoms with Gasteiger partial charge in [-0.15, -0.1) is 0 Å². The number of imidazole rings is 1. The summed E-state index contributed by atoms with van der Waals surface area (Å²) in [5.41, 5.74) is 5.04. The summed E-state index contributed by atoms with van der Waals surface area (Å²) in [6.07, 6.45) is 3.43. The number of likely N-dealkylation sites (tertiary alicyclic amines) is 1. The minimum atomic E-state index is -0.670. The lowest BCUT2D eigenvalue weighted by atomic mass is 9.94. The third kappa shape index (κ3) is 4.31. The van der Waals surface area contributed by atoms with Crippen LogP contribution in [0.5, 0.6) is 5.75 Å². The Morgan fingerprint density at radius 2 is 2.00 bits per heavy atom. The number of rotatable bonds is 4. The number of nitrogens with zero attached hydrogens (tertiary/aromatic N) is 2. The first-order valence-electron chi connectivity index (χ1n) is 14.4. The highest BCUT2D eigenvalue weighted by Gasteiger charge is 2.49. The molecule has 1 saturated carbocycles. The molecule has 4 aromatic rings. The molecule has 41 heavy (non-hydrogen) atoms. The molecule has 1 saturated heterocycles. The molecule has 212 valence electrons. The molecule has 7 rings (SSSR count). The number of aromatic amines is 1. The summed E-state index contributed by atoms with van der Waals surface area (Å²) in [4.78, 5) is 36.9. The van der Waals surface area contributed by atoms with E-state index in [1.807, 2.05) is 30.9 Å². The zero-order valence-electron chi connectivity index (χ0n) is 23.4. The van der Waals surface area contributed by atoms with E-state index in [0.717, 1.165) is 75.8 Å². The summed E-state index contributed by atoms with van der Waals surface area (Å²) >= 11 is 6.23. The van der Waals surface area contributed by atoms with Crippen molar-refractivity contribution in [3.63, 3.8) is 0 Å². The molecule has 0 spiro atoms. The Morgan fingerprint density at radius 1 is 1.15 bits per heavy atom. The summed E-state index contributed by atoms with van der Waals surface area (Å²) in [6.45, 7) is 4.35. The van der Waals surface area contributed by atoms with Gasteiger partial charge < -0.3 is 24.7 Å². The Balaban J connectivity index is 1.29. The maximum atomic E-state index is 14.1. The van der Waals surface area contributed by atoms with Crippen LogP contribution in [0.1, 0.15) is 57.0 Å². The zero-order valence-corrected chi connectivity index (χ0v) is 24.1. The molecule has 4 atom stereocenters. The van der Waals surface area contributed by atoms with Crippen LogP contribution in [0, 0.1) is 11.8 Å². The van der Waals surface area contributed by atoms with Gasteiger partial charge in [0.05, 0.1) is 24.2 Å². The van der Waals surface area contributed by atoms with E-state index in [-0.39, 0.29) is 23.9 Å². The lowest BCUT2D eigenvalue weighted by Gasteiger charge is -2.33. The molecule has 2 fully saturated rings. The number of carbonyl (C=O) groups excluding carboxylic acids is 2. The van der Waals surface area contributed by atoms with E-state index in [1.54, 1.807) is 0 Å². The van der Waals surface area contributed by atoms with Crippen LogP contribution in [-0.4, -0.2) is 46.1 Å². The van der Waals surface area contributed by atoms with Crippen LogP contribution in [0.4, 0.5) is 4.79 Å². The number of H-pyrrole nitrogens is 1. The van der Waals surface area contributed by atoms with Gasteiger partial charge in [-0.05, 0) is 77.9 Å². The highest BCUT2D eigenvalue weighted by Crippen LogP contribution is 2.48. The normalized spacial score (nSPS) is 21.9. The topological polar surface area (TPSA) is 96.6 Å². The molecule has 2 N–H and O–H groups in total. The van der Waals surface area contributed by atoms with Gasteiger partial charge in [0.2, 0.25) is 5.91 Å². The summed E-state index contributed by atoms with van der Waals surface area (Å²) in [5, 5.41) is 5.55. The molecule has 1 aliphatic carbocycles. The number of methoxy groups -OCH3 is 1. The first kappa shape index (κ1) is 26.1. The van der Waals surface area contributed by atoms with Gasteiger partial charge in [0.15, 0.2) is 0 Å². The van der Waals surface area contributed by atoms with Crippen molar-refractivity contribution in [1.29, 1.82) is 0 Å². The molecule has 0 radical (unpaired) electrons. The highest BCUT2D eigenvalue weighted by atomic mass is 35.5. The molecule has 1 aromatic heterocycles. The number of benzene rings is 3. The number of amides is 2. The van der Waals surface area contributed by atoms with Gasteiger partial charge >= 0.3 is 6.09 Å². The summed E-state index contributed by atoms with van der Waals surface area (Å²) in [6, 6.07) is 13.6. The molecule has 0 unspecified atom stereocenters. The zero-order chi connectivity index (χ0) is 28.4. The number of hydrogen-bond donors (Lipinski definition) is 2. The van der Waals surface area contributed by atoms with Crippen molar-refractivity contribution in [2.75, 3.05) is 7.11 Å². The average molecular weight is 573 g/mol. The SMILES string of the molecule is COC(=O)N[C@H](C(=O)N1[C@H](c2nc3c(ccc4cc5c(cc43)OCc3cc(Cl)ccc3-5)[nH]2)C[C@@H]2CCC[C@@H]21)C(C)C. The monoisotopic (exact) mass is 572 g/mol. The van der Waals surface area contributed by atoms with E-state index in [9.17, 15) is 9.59 Å². The number of nitrogens with one attached hydrogen (secondary N) is 2. The number of ether oxygens (including phenoxy) is 2. The van der Waals surface area contributed by atoms with E-state index in [4.69, 9.17) is 26.1 Å². The Morgan fingerprint density at radius 3 is 2.80 bits per heavy atom. The lowest BCUT2D eigenvalue weighted by molar-refractivity contribution is -0.137. The third-order valence-electron chi connectivity index (χ3n) is 9.13.